The average Bonchev–Trinajstić information content (AvgIpc) is 2.78. The summed E-state index contributed by atoms with van der Waals surface area (Å²) in [5.74, 6) is 0.756. The number of rotatable bonds is 4. The van der Waals surface area contributed by atoms with Gasteiger partial charge in [0.05, 0.1) is 10.4 Å². The SMILES string of the molecule is NC(=S)C1(C(=O)NCC2CCCC2)CCCCCC1. The molecule has 0 atom stereocenters. The maximum atomic E-state index is 12.6. The highest BCUT2D eigenvalue weighted by Gasteiger charge is 2.41. The molecule has 0 radical (unpaired) electrons. The van der Waals surface area contributed by atoms with Crippen LogP contribution >= 0.6 is 12.2 Å². The van der Waals surface area contributed by atoms with Crippen LogP contribution in [0.2, 0.25) is 0 Å². The second-order valence-corrected chi connectivity index (χ2v) is 6.66. The largest absolute Gasteiger partial charge is 0.392 e. The van der Waals surface area contributed by atoms with Gasteiger partial charge < -0.3 is 11.1 Å². The lowest BCUT2D eigenvalue weighted by Gasteiger charge is -2.30. The van der Waals surface area contributed by atoms with Gasteiger partial charge in [0.1, 0.15) is 0 Å². The second kappa shape index (κ2) is 6.69. The van der Waals surface area contributed by atoms with Crippen molar-refractivity contribution in [1.82, 2.24) is 5.32 Å². The number of carbonyl (C=O) groups is 1. The molecule has 0 unspecified atom stereocenters. The fourth-order valence-corrected chi connectivity index (χ4v) is 3.84. The minimum absolute atomic E-state index is 0.0915. The quantitative estimate of drug-likeness (QED) is 0.616. The normalized spacial score (nSPS) is 23.8. The highest BCUT2D eigenvalue weighted by molar-refractivity contribution is 7.80. The number of carbonyl (C=O) groups excluding carboxylic acids is 1. The van der Waals surface area contributed by atoms with E-state index < -0.39 is 5.41 Å². The summed E-state index contributed by atoms with van der Waals surface area (Å²) in [5.41, 5.74) is 5.36. The van der Waals surface area contributed by atoms with Crippen molar-refractivity contribution in [2.75, 3.05) is 6.54 Å². The van der Waals surface area contributed by atoms with Crippen molar-refractivity contribution in [3.63, 3.8) is 0 Å². The predicted octanol–water partition coefficient (Wildman–Crippen LogP) is 2.92. The Kier molecular flexibility index (Phi) is 5.20. The molecule has 0 heterocycles. The topological polar surface area (TPSA) is 55.1 Å². The molecule has 3 N–H and O–H groups in total. The molecule has 4 heteroatoms. The van der Waals surface area contributed by atoms with Crippen LogP contribution in [0.25, 0.3) is 0 Å². The summed E-state index contributed by atoms with van der Waals surface area (Å²) in [6, 6.07) is 0. The van der Waals surface area contributed by atoms with E-state index in [-0.39, 0.29) is 5.91 Å². The zero-order valence-electron chi connectivity index (χ0n) is 11.7. The average molecular weight is 282 g/mol. The van der Waals surface area contributed by atoms with Crippen LogP contribution in [0.3, 0.4) is 0 Å². The van der Waals surface area contributed by atoms with Crippen LogP contribution in [0.5, 0.6) is 0 Å². The number of amides is 1. The molecule has 0 aromatic rings. The van der Waals surface area contributed by atoms with Gasteiger partial charge in [-0.2, -0.15) is 0 Å². The Hall–Kier alpha value is -0.640. The fourth-order valence-electron chi connectivity index (χ4n) is 3.54. The van der Waals surface area contributed by atoms with Gasteiger partial charge in [0, 0.05) is 6.54 Å². The number of hydrogen-bond acceptors (Lipinski definition) is 2. The maximum Gasteiger partial charge on any atom is 0.233 e. The van der Waals surface area contributed by atoms with E-state index in [1.54, 1.807) is 0 Å². The minimum Gasteiger partial charge on any atom is -0.392 e. The number of nitrogens with one attached hydrogen (secondary N) is 1. The molecule has 0 aliphatic heterocycles. The van der Waals surface area contributed by atoms with Crippen molar-refractivity contribution in [1.29, 1.82) is 0 Å². The monoisotopic (exact) mass is 282 g/mol. The number of hydrogen-bond donors (Lipinski definition) is 2. The van der Waals surface area contributed by atoms with E-state index in [4.69, 9.17) is 18.0 Å². The second-order valence-electron chi connectivity index (χ2n) is 6.22. The molecular formula is C15H26N2OS. The molecule has 2 rings (SSSR count). The van der Waals surface area contributed by atoms with Crippen LogP contribution in [0, 0.1) is 11.3 Å². The Morgan fingerprint density at radius 3 is 2.21 bits per heavy atom. The Morgan fingerprint density at radius 1 is 1.11 bits per heavy atom. The van der Waals surface area contributed by atoms with Crippen LogP contribution < -0.4 is 11.1 Å². The molecule has 0 aromatic heterocycles. The molecule has 2 saturated carbocycles. The van der Waals surface area contributed by atoms with Crippen molar-refractivity contribution in [2.24, 2.45) is 17.1 Å². The van der Waals surface area contributed by atoms with Crippen molar-refractivity contribution in [3.05, 3.63) is 0 Å². The first-order valence-corrected chi connectivity index (χ1v) is 8.14. The first kappa shape index (κ1) is 14.8. The highest BCUT2D eigenvalue weighted by Crippen LogP contribution is 2.36. The van der Waals surface area contributed by atoms with Crippen LogP contribution in [-0.2, 0) is 4.79 Å². The first-order chi connectivity index (χ1) is 9.15. The zero-order chi connectivity index (χ0) is 13.7. The van der Waals surface area contributed by atoms with Crippen LogP contribution in [0.1, 0.15) is 64.2 Å². The van der Waals surface area contributed by atoms with E-state index in [2.05, 4.69) is 5.32 Å². The molecule has 2 aliphatic rings. The smallest absolute Gasteiger partial charge is 0.233 e. The lowest BCUT2D eigenvalue weighted by molar-refractivity contribution is -0.128. The van der Waals surface area contributed by atoms with Crippen LogP contribution in [0.15, 0.2) is 0 Å². The lowest BCUT2D eigenvalue weighted by Crippen LogP contribution is -2.49. The molecule has 0 aromatic carbocycles. The summed E-state index contributed by atoms with van der Waals surface area (Å²) in [6.45, 7) is 0.809. The summed E-state index contributed by atoms with van der Waals surface area (Å²) in [4.78, 5) is 13.0. The van der Waals surface area contributed by atoms with Crippen molar-refractivity contribution < 1.29 is 4.79 Å². The van der Waals surface area contributed by atoms with Gasteiger partial charge in [-0.25, -0.2) is 0 Å². The van der Waals surface area contributed by atoms with Gasteiger partial charge in [0.15, 0.2) is 0 Å². The Morgan fingerprint density at radius 2 is 1.68 bits per heavy atom. The van der Waals surface area contributed by atoms with Crippen molar-refractivity contribution >= 4 is 23.1 Å². The van der Waals surface area contributed by atoms with Crippen molar-refractivity contribution in [2.45, 2.75) is 64.2 Å². The van der Waals surface area contributed by atoms with E-state index in [1.807, 2.05) is 0 Å². The summed E-state index contributed by atoms with van der Waals surface area (Å²) in [7, 11) is 0. The van der Waals surface area contributed by atoms with E-state index in [0.29, 0.717) is 10.9 Å². The summed E-state index contributed by atoms with van der Waals surface area (Å²) < 4.78 is 0. The Balaban J connectivity index is 1.96. The van der Waals surface area contributed by atoms with E-state index in [1.165, 1.54) is 38.5 Å². The third-order valence-corrected chi connectivity index (χ3v) is 5.28. The molecular weight excluding hydrogens is 256 g/mol. The standard InChI is InChI=1S/C15H26N2OS/c16-13(19)15(9-5-1-2-6-10-15)14(18)17-11-12-7-3-4-8-12/h12H,1-11H2,(H2,16,19)(H,17,18). The van der Waals surface area contributed by atoms with Crippen molar-refractivity contribution in [3.8, 4) is 0 Å². The maximum absolute atomic E-state index is 12.6. The molecule has 0 bridgehead atoms. The van der Waals surface area contributed by atoms with E-state index >= 15 is 0 Å². The van der Waals surface area contributed by atoms with Crippen LogP contribution in [-0.4, -0.2) is 17.4 Å². The van der Waals surface area contributed by atoms with Crippen LogP contribution in [0.4, 0.5) is 0 Å². The van der Waals surface area contributed by atoms with Gasteiger partial charge >= 0.3 is 0 Å². The fraction of sp³-hybridized carbons (Fsp3) is 0.867. The summed E-state index contributed by atoms with van der Waals surface area (Å²) in [5, 5.41) is 3.14. The number of nitrogens with two attached hydrogens (primary N) is 1. The summed E-state index contributed by atoms with van der Waals surface area (Å²) in [6.07, 6.45) is 11.3. The highest BCUT2D eigenvalue weighted by atomic mass is 32.1. The molecule has 3 nitrogen and oxygen atoms in total. The van der Waals surface area contributed by atoms with E-state index in [9.17, 15) is 4.79 Å². The zero-order valence-corrected chi connectivity index (χ0v) is 12.6. The Bertz CT molecular complexity index is 329. The molecule has 1 amide bonds. The van der Waals surface area contributed by atoms with Gasteiger partial charge in [0.25, 0.3) is 0 Å². The molecule has 0 saturated heterocycles. The lowest BCUT2D eigenvalue weighted by atomic mass is 9.79. The van der Waals surface area contributed by atoms with E-state index in [0.717, 1.165) is 32.2 Å². The van der Waals surface area contributed by atoms with Gasteiger partial charge in [-0.3, -0.25) is 4.79 Å². The third kappa shape index (κ3) is 3.47. The Labute approximate surface area is 121 Å². The predicted molar refractivity (Wildman–Crippen MR) is 81.9 cm³/mol. The first-order valence-electron chi connectivity index (χ1n) is 7.73. The molecule has 2 aliphatic carbocycles. The third-order valence-electron chi connectivity index (χ3n) is 4.89. The molecule has 19 heavy (non-hydrogen) atoms. The van der Waals surface area contributed by atoms with Gasteiger partial charge in [0.2, 0.25) is 5.91 Å². The molecule has 108 valence electrons. The molecule has 2 fully saturated rings. The van der Waals surface area contributed by atoms with Gasteiger partial charge in [-0.05, 0) is 31.6 Å². The van der Waals surface area contributed by atoms with Gasteiger partial charge in [-0.1, -0.05) is 50.7 Å². The summed E-state index contributed by atoms with van der Waals surface area (Å²) >= 11 is 5.23. The molecule has 0 spiro atoms. The van der Waals surface area contributed by atoms with Gasteiger partial charge in [-0.15, -0.1) is 0 Å². The number of thiocarbonyl (C=S) groups is 1. The minimum atomic E-state index is -0.565.